The summed E-state index contributed by atoms with van der Waals surface area (Å²) in [4.78, 5) is 15.5. The molecule has 1 heterocycles. The maximum absolute atomic E-state index is 13.0. The number of hydrogen-bond acceptors (Lipinski definition) is 6. The first-order valence-corrected chi connectivity index (χ1v) is 11.9. The van der Waals surface area contributed by atoms with E-state index in [1.54, 1.807) is 13.2 Å². The maximum Gasteiger partial charge on any atom is 0.266 e. The van der Waals surface area contributed by atoms with E-state index in [9.17, 15) is 10.1 Å². The van der Waals surface area contributed by atoms with Crippen LogP contribution in [0.4, 0.5) is 0 Å². The van der Waals surface area contributed by atoms with E-state index in [1.165, 1.54) is 18.2 Å². The summed E-state index contributed by atoms with van der Waals surface area (Å²) in [6.45, 7) is 0.263. The number of ether oxygens (including phenoxy) is 2. The van der Waals surface area contributed by atoms with Crippen LogP contribution in [0.2, 0.25) is 0 Å². The summed E-state index contributed by atoms with van der Waals surface area (Å²) in [7, 11) is 1.58. The van der Waals surface area contributed by atoms with E-state index in [0.29, 0.717) is 26.3 Å². The molecule has 5 nitrogen and oxygen atoms in total. The standard InChI is InChI=1S/C25H24N2O3S2/c1-29-22-13-17(11-12-21(22)30-16-19-8-6-5-7-18(19)15-26)14-23-24(28)27(25(31)32-23)20-9-3-2-4-10-20/h5-8,11-14,20H,2-4,9-10,16H2,1H3/b23-14+. The van der Waals surface area contributed by atoms with Gasteiger partial charge in [0, 0.05) is 11.6 Å². The highest BCUT2D eigenvalue weighted by atomic mass is 32.2. The Labute approximate surface area is 198 Å². The van der Waals surface area contributed by atoms with Gasteiger partial charge >= 0.3 is 0 Å². The minimum Gasteiger partial charge on any atom is -0.493 e. The predicted octanol–water partition coefficient (Wildman–Crippen LogP) is 5.68. The zero-order valence-corrected chi connectivity index (χ0v) is 19.5. The van der Waals surface area contributed by atoms with Crippen molar-refractivity contribution in [2.24, 2.45) is 0 Å². The Morgan fingerprint density at radius 1 is 1.19 bits per heavy atom. The topological polar surface area (TPSA) is 62.6 Å². The van der Waals surface area contributed by atoms with Crippen LogP contribution >= 0.6 is 24.0 Å². The summed E-state index contributed by atoms with van der Waals surface area (Å²) in [5.74, 6) is 1.14. The largest absolute Gasteiger partial charge is 0.493 e. The number of hydrogen-bond donors (Lipinski definition) is 0. The number of benzene rings is 2. The highest BCUT2D eigenvalue weighted by Crippen LogP contribution is 2.38. The second-order valence-corrected chi connectivity index (χ2v) is 9.49. The highest BCUT2D eigenvalue weighted by Gasteiger charge is 2.37. The molecule has 0 unspecified atom stereocenters. The normalized spacial score (nSPS) is 18.1. The second kappa shape index (κ2) is 10.2. The first-order valence-electron chi connectivity index (χ1n) is 10.7. The molecule has 0 radical (unpaired) electrons. The molecular formula is C25H24N2O3S2. The first kappa shape index (κ1) is 22.4. The predicted molar refractivity (Wildman–Crippen MR) is 130 cm³/mol. The molecule has 1 saturated carbocycles. The minimum absolute atomic E-state index is 0.000645. The van der Waals surface area contributed by atoms with Crippen LogP contribution in [0.25, 0.3) is 6.08 Å². The van der Waals surface area contributed by atoms with E-state index in [0.717, 1.165) is 36.8 Å². The lowest BCUT2D eigenvalue weighted by molar-refractivity contribution is -0.124. The van der Waals surface area contributed by atoms with Crippen LogP contribution in [0.15, 0.2) is 47.4 Å². The molecule has 0 spiro atoms. The zero-order valence-electron chi connectivity index (χ0n) is 17.9. The fourth-order valence-corrected chi connectivity index (χ4v) is 5.49. The van der Waals surface area contributed by atoms with Gasteiger partial charge in [0.2, 0.25) is 0 Å². The van der Waals surface area contributed by atoms with E-state index in [2.05, 4.69) is 6.07 Å². The smallest absolute Gasteiger partial charge is 0.266 e. The lowest BCUT2D eigenvalue weighted by Gasteiger charge is -2.29. The van der Waals surface area contributed by atoms with Crippen molar-refractivity contribution in [2.75, 3.05) is 7.11 Å². The van der Waals surface area contributed by atoms with Gasteiger partial charge in [-0.1, -0.05) is 67.5 Å². The number of carbonyl (C=O) groups is 1. The zero-order chi connectivity index (χ0) is 22.5. The van der Waals surface area contributed by atoms with Crippen LogP contribution in [0.1, 0.15) is 48.8 Å². The van der Waals surface area contributed by atoms with Gasteiger partial charge in [0.25, 0.3) is 5.91 Å². The van der Waals surface area contributed by atoms with Crippen molar-refractivity contribution in [2.45, 2.75) is 44.8 Å². The number of thioether (sulfide) groups is 1. The van der Waals surface area contributed by atoms with Gasteiger partial charge in [0.1, 0.15) is 10.9 Å². The molecule has 1 saturated heterocycles. The Kier molecular flexibility index (Phi) is 7.13. The molecule has 2 aromatic carbocycles. The fourth-order valence-electron chi connectivity index (χ4n) is 4.09. The number of nitriles is 1. The quantitative estimate of drug-likeness (QED) is 0.405. The molecule has 32 heavy (non-hydrogen) atoms. The van der Waals surface area contributed by atoms with Crippen LogP contribution in [0, 0.1) is 11.3 Å². The van der Waals surface area contributed by atoms with E-state index < -0.39 is 0 Å². The van der Waals surface area contributed by atoms with E-state index in [4.69, 9.17) is 21.7 Å². The monoisotopic (exact) mass is 464 g/mol. The molecule has 0 bridgehead atoms. The molecule has 2 fully saturated rings. The SMILES string of the molecule is COc1cc(/C=C2/SC(=S)N(C3CCCCC3)C2=O)ccc1OCc1ccccc1C#N. The number of rotatable bonds is 6. The third kappa shape index (κ3) is 4.82. The Hall–Kier alpha value is -2.82. The Bertz CT molecular complexity index is 1100. The fraction of sp³-hybridized carbons (Fsp3) is 0.320. The number of carbonyl (C=O) groups excluding carboxylic acids is 1. The van der Waals surface area contributed by atoms with Crippen molar-refractivity contribution in [3.8, 4) is 17.6 Å². The van der Waals surface area contributed by atoms with Crippen LogP contribution in [0.3, 0.4) is 0 Å². The lowest BCUT2D eigenvalue weighted by Crippen LogP contribution is -2.39. The Morgan fingerprint density at radius 3 is 2.72 bits per heavy atom. The van der Waals surface area contributed by atoms with Crippen LogP contribution < -0.4 is 9.47 Å². The van der Waals surface area contributed by atoms with Gasteiger partial charge in [0.15, 0.2) is 11.5 Å². The van der Waals surface area contributed by atoms with Crippen molar-refractivity contribution in [3.05, 3.63) is 64.1 Å². The van der Waals surface area contributed by atoms with Crippen molar-refractivity contribution in [1.82, 2.24) is 4.90 Å². The molecule has 4 rings (SSSR count). The van der Waals surface area contributed by atoms with Crippen LogP contribution in [-0.4, -0.2) is 28.3 Å². The van der Waals surface area contributed by atoms with E-state index in [-0.39, 0.29) is 18.6 Å². The molecule has 1 amide bonds. The number of amides is 1. The van der Waals surface area contributed by atoms with Gasteiger partial charge in [-0.25, -0.2) is 0 Å². The van der Waals surface area contributed by atoms with Gasteiger partial charge in [-0.05, 0) is 42.7 Å². The molecule has 164 valence electrons. The van der Waals surface area contributed by atoms with Crippen molar-refractivity contribution in [3.63, 3.8) is 0 Å². The number of thiocarbonyl (C=S) groups is 1. The van der Waals surface area contributed by atoms with Gasteiger partial charge in [-0.3, -0.25) is 9.69 Å². The second-order valence-electron chi connectivity index (χ2n) is 7.81. The number of nitrogens with zero attached hydrogens (tertiary/aromatic N) is 2. The van der Waals surface area contributed by atoms with Crippen molar-refractivity contribution >= 4 is 40.3 Å². The number of methoxy groups -OCH3 is 1. The third-order valence-corrected chi connectivity index (χ3v) is 7.10. The summed E-state index contributed by atoms with van der Waals surface area (Å²) in [6, 6.07) is 15.3. The molecule has 0 atom stereocenters. The molecule has 2 aliphatic rings. The molecule has 0 N–H and O–H groups in total. The molecule has 2 aromatic rings. The summed E-state index contributed by atoms with van der Waals surface area (Å²) in [5, 5.41) is 9.25. The Balaban J connectivity index is 1.50. The molecule has 1 aliphatic carbocycles. The highest BCUT2D eigenvalue weighted by molar-refractivity contribution is 8.26. The summed E-state index contributed by atoms with van der Waals surface area (Å²) >= 11 is 6.89. The molecular weight excluding hydrogens is 440 g/mol. The van der Waals surface area contributed by atoms with Crippen molar-refractivity contribution < 1.29 is 14.3 Å². The van der Waals surface area contributed by atoms with Gasteiger partial charge < -0.3 is 9.47 Å². The van der Waals surface area contributed by atoms with Crippen LogP contribution in [0.5, 0.6) is 11.5 Å². The molecule has 7 heteroatoms. The average Bonchev–Trinajstić information content (AvgIpc) is 3.11. The van der Waals surface area contributed by atoms with E-state index in [1.807, 2.05) is 47.4 Å². The Morgan fingerprint density at radius 2 is 1.97 bits per heavy atom. The third-order valence-electron chi connectivity index (χ3n) is 5.77. The molecule has 0 aromatic heterocycles. The van der Waals surface area contributed by atoms with E-state index >= 15 is 0 Å². The van der Waals surface area contributed by atoms with Crippen LogP contribution in [-0.2, 0) is 11.4 Å². The molecule has 1 aliphatic heterocycles. The van der Waals surface area contributed by atoms with Crippen molar-refractivity contribution in [1.29, 1.82) is 5.26 Å². The van der Waals surface area contributed by atoms with Gasteiger partial charge in [-0.15, -0.1) is 0 Å². The lowest BCUT2D eigenvalue weighted by atomic mass is 9.94. The van der Waals surface area contributed by atoms with Gasteiger partial charge in [0.05, 0.1) is 23.6 Å². The maximum atomic E-state index is 13.0. The minimum atomic E-state index is -0.000645. The first-order chi connectivity index (χ1) is 15.6. The average molecular weight is 465 g/mol. The van der Waals surface area contributed by atoms with Gasteiger partial charge in [-0.2, -0.15) is 5.26 Å². The summed E-state index contributed by atoms with van der Waals surface area (Å²) in [5.41, 5.74) is 2.24. The summed E-state index contributed by atoms with van der Waals surface area (Å²) in [6.07, 6.45) is 7.44. The summed E-state index contributed by atoms with van der Waals surface area (Å²) < 4.78 is 12.1.